The number of amides is 2. The Morgan fingerprint density at radius 1 is 1.23 bits per heavy atom. The SMILES string of the molecule is CC(C)CNC(=O)Nc1cccc(-c2noc(/C=C/c3ccco3)n2)c1. The number of benzene rings is 1. The number of hydrogen-bond acceptors (Lipinski definition) is 5. The molecule has 0 saturated heterocycles. The average Bonchev–Trinajstić information content (AvgIpc) is 3.30. The van der Waals surface area contributed by atoms with Gasteiger partial charge in [0.25, 0.3) is 5.89 Å². The van der Waals surface area contributed by atoms with Crippen LogP contribution in [0.5, 0.6) is 0 Å². The normalized spacial score (nSPS) is 11.2. The summed E-state index contributed by atoms with van der Waals surface area (Å²) in [5, 5.41) is 9.57. The van der Waals surface area contributed by atoms with Crippen LogP contribution in [0.4, 0.5) is 10.5 Å². The fraction of sp³-hybridized carbons (Fsp3) is 0.211. The Hall–Kier alpha value is -3.35. The molecule has 0 spiro atoms. The summed E-state index contributed by atoms with van der Waals surface area (Å²) in [6.07, 6.45) is 5.01. The molecule has 26 heavy (non-hydrogen) atoms. The Kier molecular flexibility index (Phi) is 5.48. The van der Waals surface area contributed by atoms with Gasteiger partial charge in [-0.1, -0.05) is 31.1 Å². The summed E-state index contributed by atoms with van der Waals surface area (Å²) in [6, 6.07) is 10.6. The van der Waals surface area contributed by atoms with Crippen molar-refractivity contribution in [2.75, 3.05) is 11.9 Å². The van der Waals surface area contributed by atoms with E-state index in [-0.39, 0.29) is 6.03 Å². The van der Waals surface area contributed by atoms with Crippen LogP contribution in [-0.4, -0.2) is 22.7 Å². The number of carbonyl (C=O) groups excluding carboxylic acids is 1. The third kappa shape index (κ3) is 4.83. The van der Waals surface area contributed by atoms with Gasteiger partial charge in [-0.2, -0.15) is 4.98 Å². The number of urea groups is 1. The zero-order chi connectivity index (χ0) is 18.4. The van der Waals surface area contributed by atoms with Crippen LogP contribution in [0.2, 0.25) is 0 Å². The van der Waals surface area contributed by atoms with E-state index in [9.17, 15) is 4.79 Å². The van der Waals surface area contributed by atoms with Crippen LogP contribution in [-0.2, 0) is 0 Å². The van der Waals surface area contributed by atoms with Gasteiger partial charge in [0.1, 0.15) is 5.76 Å². The van der Waals surface area contributed by atoms with Crippen LogP contribution < -0.4 is 10.6 Å². The molecule has 2 amide bonds. The highest BCUT2D eigenvalue weighted by molar-refractivity contribution is 5.89. The first-order valence-electron chi connectivity index (χ1n) is 8.31. The molecular formula is C19H20N4O3. The van der Waals surface area contributed by atoms with Gasteiger partial charge in [-0.25, -0.2) is 4.79 Å². The molecular weight excluding hydrogens is 332 g/mol. The van der Waals surface area contributed by atoms with E-state index < -0.39 is 0 Å². The van der Waals surface area contributed by atoms with Crippen LogP contribution in [0, 0.1) is 5.92 Å². The maximum Gasteiger partial charge on any atom is 0.319 e. The molecule has 2 aromatic heterocycles. The van der Waals surface area contributed by atoms with E-state index in [1.807, 2.05) is 32.0 Å². The summed E-state index contributed by atoms with van der Waals surface area (Å²) >= 11 is 0. The molecule has 134 valence electrons. The summed E-state index contributed by atoms with van der Waals surface area (Å²) in [7, 11) is 0. The van der Waals surface area contributed by atoms with Crippen LogP contribution in [0.15, 0.2) is 51.6 Å². The van der Waals surface area contributed by atoms with Crippen molar-refractivity contribution in [1.82, 2.24) is 15.5 Å². The minimum absolute atomic E-state index is 0.244. The predicted octanol–water partition coefficient (Wildman–Crippen LogP) is 4.28. The largest absolute Gasteiger partial charge is 0.465 e. The third-order valence-electron chi connectivity index (χ3n) is 3.42. The number of anilines is 1. The third-order valence-corrected chi connectivity index (χ3v) is 3.42. The molecule has 0 unspecified atom stereocenters. The van der Waals surface area contributed by atoms with Gasteiger partial charge in [0.2, 0.25) is 5.82 Å². The van der Waals surface area contributed by atoms with Crippen molar-refractivity contribution in [1.29, 1.82) is 0 Å². The summed E-state index contributed by atoms with van der Waals surface area (Å²) in [5.74, 6) is 1.89. The van der Waals surface area contributed by atoms with Crippen LogP contribution in [0.25, 0.3) is 23.5 Å². The number of carbonyl (C=O) groups is 1. The molecule has 0 aliphatic rings. The van der Waals surface area contributed by atoms with E-state index in [0.717, 1.165) is 5.56 Å². The van der Waals surface area contributed by atoms with Crippen molar-refractivity contribution in [2.24, 2.45) is 5.92 Å². The first kappa shape index (κ1) is 17.5. The van der Waals surface area contributed by atoms with Gasteiger partial charge in [-0.15, -0.1) is 0 Å². The van der Waals surface area contributed by atoms with Gasteiger partial charge in [-0.05, 0) is 36.3 Å². The number of rotatable bonds is 6. The monoisotopic (exact) mass is 352 g/mol. The smallest absolute Gasteiger partial charge is 0.319 e. The number of aromatic nitrogens is 2. The van der Waals surface area contributed by atoms with E-state index in [2.05, 4.69) is 20.8 Å². The fourth-order valence-corrected chi connectivity index (χ4v) is 2.17. The van der Waals surface area contributed by atoms with Crippen LogP contribution >= 0.6 is 0 Å². The molecule has 0 aliphatic heterocycles. The second-order valence-corrected chi connectivity index (χ2v) is 6.11. The summed E-state index contributed by atoms with van der Waals surface area (Å²) < 4.78 is 10.4. The molecule has 0 saturated carbocycles. The number of nitrogens with one attached hydrogen (secondary N) is 2. The second kappa shape index (κ2) is 8.15. The zero-order valence-electron chi connectivity index (χ0n) is 14.6. The first-order valence-corrected chi connectivity index (χ1v) is 8.31. The lowest BCUT2D eigenvalue weighted by Gasteiger charge is -2.09. The van der Waals surface area contributed by atoms with Crippen molar-refractivity contribution in [2.45, 2.75) is 13.8 Å². The molecule has 0 fully saturated rings. The first-order chi connectivity index (χ1) is 12.6. The molecule has 2 N–H and O–H groups in total. The fourth-order valence-electron chi connectivity index (χ4n) is 2.17. The molecule has 0 radical (unpaired) electrons. The van der Waals surface area contributed by atoms with Crippen LogP contribution in [0.1, 0.15) is 25.5 Å². The van der Waals surface area contributed by atoms with Crippen molar-refractivity contribution in [3.8, 4) is 11.4 Å². The lowest BCUT2D eigenvalue weighted by molar-refractivity contribution is 0.251. The Morgan fingerprint density at radius 2 is 2.12 bits per heavy atom. The van der Waals surface area contributed by atoms with E-state index in [4.69, 9.17) is 8.94 Å². The van der Waals surface area contributed by atoms with Crippen molar-refractivity contribution in [3.05, 3.63) is 54.3 Å². The minimum Gasteiger partial charge on any atom is -0.465 e. The number of furan rings is 1. The lowest BCUT2D eigenvalue weighted by Crippen LogP contribution is -2.31. The minimum atomic E-state index is -0.244. The van der Waals surface area contributed by atoms with Gasteiger partial charge in [0.15, 0.2) is 0 Å². The molecule has 7 nitrogen and oxygen atoms in total. The van der Waals surface area contributed by atoms with Gasteiger partial charge < -0.3 is 19.6 Å². The molecule has 7 heteroatoms. The highest BCUT2D eigenvalue weighted by atomic mass is 16.5. The molecule has 0 bridgehead atoms. The lowest BCUT2D eigenvalue weighted by atomic mass is 10.2. The van der Waals surface area contributed by atoms with Crippen molar-refractivity contribution < 1.29 is 13.7 Å². The average molecular weight is 352 g/mol. The molecule has 1 aromatic carbocycles. The van der Waals surface area contributed by atoms with Gasteiger partial charge in [0, 0.05) is 23.9 Å². The van der Waals surface area contributed by atoms with E-state index in [1.165, 1.54) is 0 Å². The maximum atomic E-state index is 11.9. The Labute approximate surface area is 151 Å². The highest BCUT2D eigenvalue weighted by Gasteiger charge is 2.09. The highest BCUT2D eigenvalue weighted by Crippen LogP contribution is 2.20. The molecule has 3 rings (SSSR count). The Balaban J connectivity index is 1.67. The summed E-state index contributed by atoms with van der Waals surface area (Å²) in [4.78, 5) is 16.2. The molecule has 0 aliphatic carbocycles. The topological polar surface area (TPSA) is 93.2 Å². The molecule has 3 aromatic rings. The molecule has 2 heterocycles. The molecule has 0 atom stereocenters. The van der Waals surface area contributed by atoms with Gasteiger partial charge in [-0.3, -0.25) is 0 Å². The van der Waals surface area contributed by atoms with Gasteiger partial charge >= 0.3 is 6.03 Å². The Bertz CT molecular complexity index is 882. The number of hydrogen-bond donors (Lipinski definition) is 2. The van der Waals surface area contributed by atoms with Gasteiger partial charge in [0.05, 0.1) is 6.26 Å². The Morgan fingerprint density at radius 3 is 2.88 bits per heavy atom. The zero-order valence-corrected chi connectivity index (χ0v) is 14.6. The van der Waals surface area contributed by atoms with E-state index in [0.29, 0.717) is 35.6 Å². The van der Waals surface area contributed by atoms with Crippen LogP contribution in [0.3, 0.4) is 0 Å². The van der Waals surface area contributed by atoms with Crippen molar-refractivity contribution >= 4 is 23.9 Å². The summed E-state index contributed by atoms with van der Waals surface area (Å²) in [6.45, 7) is 4.69. The maximum absolute atomic E-state index is 11.9. The van der Waals surface area contributed by atoms with Crippen molar-refractivity contribution in [3.63, 3.8) is 0 Å². The standard InChI is InChI=1S/C19H20N4O3/c1-13(2)12-20-19(24)21-15-6-3-5-14(11-15)18-22-17(26-23-18)9-8-16-7-4-10-25-16/h3-11,13H,12H2,1-2H3,(H2,20,21,24)/b9-8+. The number of nitrogens with zero attached hydrogens (tertiary/aromatic N) is 2. The van der Waals surface area contributed by atoms with E-state index >= 15 is 0 Å². The summed E-state index contributed by atoms with van der Waals surface area (Å²) in [5.41, 5.74) is 1.40. The predicted molar refractivity (Wildman–Crippen MR) is 99.2 cm³/mol. The van der Waals surface area contributed by atoms with E-state index in [1.54, 1.807) is 36.6 Å². The quantitative estimate of drug-likeness (QED) is 0.691. The second-order valence-electron chi connectivity index (χ2n) is 6.11.